The Labute approximate surface area is 128 Å². The van der Waals surface area contributed by atoms with Gasteiger partial charge in [0.15, 0.2) is 0 Å². The van der Waals surface area contributed by atoms with Crippen LogP contribution in [0.5, 0.6) is 0 Å². The van der Waals surface area contributed by atoms with Crippen LogP contribution in [0.1, 0.15) is 17.4 Å². The molecular formula is C17H15N5. The van der Waals surface area contributed by atoms with Gasteiger partial charge in [-0.1, -0.05) is 12.1 Å². The van der Waals surface area contributed by atoms with E-state index >= 15 is 0 Å². The Kier molecular flexibility index (Phi) is 2.83. The number of benzene rings is 1. The lowest BCUT2D eigenvalue weighted by atomic mass is 10.1. The van der Waals surface area contributed by atoms with E-state index in [1.54, 1.807) is 6.20 Å². The van der Waals surface area contributed by atoms with Gasteiger partial charge in [-0.15, -0.1) is 0 Å². The number of nitriles is 1. The molecule has 22 heavy (non-hydrogen) atoms. The number of aromatic nitrogens is 3. The standard InChI is InChI=1S/C17H15N5/c1-12-20-15-4-2-3-5-16(15)22(12)14-10-21(11-14)17-7-6-13(8-18)9-19-17/h2-7,9,14H,10-11H2,1H3. The summed E-state index contributed by atoms with van der Waals surface area (Å²) in [5.41, 5.74) is 2.84. The number of pyridine rings is 1. The second kappa shape index (κ2) is 4.85. The third-order valence-corrected chi connectivity index (χ3v) is 4.20. The molecule has 1 aliphatic heterocycles. The van der Waals surface area contributed by atoms with E-state index in [1.165, 1.54) is 5.52 Å². The van der Waals surface area contributed by atoms with Crippen LogP contribution in [0, 0.1) is 18.3 Å². The van der Waals surface area contributed by atoms with E-state index in [2.05, 4.69) is 50.6 Å². The summed E-state index contributed by atoms with van der Waals surface area (Å²) in [6, 6.07) is 14.5. The average molecular weight is 289 g/mol. The van der Waals surface area contributed by atoms with Crippen molar-refractivity contribution < 1.29 is 0 Å². The van der Waals surface area contributed by atoms with E-state index in [-0.39, 0.29) is 0 Å². The van der Waals surface area contributed by atoms with Gasteiger partial charge < -0.3 is 9.47 Å². The van der Waals surface area contributed by atoms with Crippen LogP contribution in [-0.2, 0) is 0 Å². The largest absolute Gasteiger partial charge is 0.352 e. The molecule has 0 unspecified atom stereocenters. The summed E-state index contributed by atoms with van der Waals surface area (Å²) >= 11 is 0. The van der Waals surface area contributed by atoms with E-state index in [0.29, 0.717) is 11.6 Å². The topological polar surface area (TPSA) is 57.7 Å². The van der Waals surface area contributed by atoms with Gasteiger partial charge in [-0.05, 0) is 31.2 Å². The molecule has 5 nitrogen and oxygen atoms in total. The lowest BCUT2D eigenvalue weighted by molar-refractivity contribution is 0.399. The molecule has 0 spiro atoms. The van der Waals surface area contributed by atoms with Crippen molar-refractivity contribution in [1.29, 1.82) is 5.26 Å². The third kappa shape index (κ3) is 1.92. The molecule has 0 saturated carbocycles. The molecular weight excluding hydrogens is 274 g/mol. The summed E-state index contributed by atoms with van der Waals surface area (Å²) in [7, 11) is 0. The minimum Gasteiger partial charge on any atom is -0.352 e. The molecule has 0 atom stereocenters. The van der Waals surface area contributed by atoms with Crippen molar-refractivity contribution in [1.82, 2.24) is 14.5 Å². The molecule has 0 bridgehead atoms. The van der Waals surface area contributed by atoms with Crippen LogP contribution in [0.2, 0.25) is 0 Å². The van der Waals surface area contributed by atoms with Crippen molar-refractivity contribution in [2.45, 2.75) is 13.0 Å². The minimum atomic E-state index is 0.421. The van der Waals surface area contributed by atoms with Gasteiger partial charge in [0.25, 0.3) is 0 Å². The van der Waals surface area contributed by atoms with Crippen molar-refractivity contribution in [2.24, 2.45) is 0 Å². The van der Waals surface area contributed by atoms with Gasteiger partial charge in [-0.2, -0.15) is 5.26 Å². The van der Waals surface area contributed by atoms with Crippen molar-refractivity contribution in [3.63, 3.8) is 0 Å². The number of rotatable bonds is 2. The van der Waals surface area contributed by atoms with E-state index in [1.807, 2.05) is 18.2 Å². The molecule has 4 rings (SSSR count). The highest BCUT2D eigenvalue weighted by Gasteiger charge is 2.31. The molecule has 0 N–H and O–H groups in total. The van der Waals surface area contributed by atoms with Gasteiger partial charge in [-0.25, -0.2) is 9.97 Å². The molecule has 1 fully saturated rings. The van der Waals surface area contributed by atoms with Crippen LogP contribution in [0.4, 0.5) is 5.82 Å². The third-order valence-electron chi connectivity index (χ3n) is 4.20. The number of anilines is 1. The quantitative estimate of drug-likeness (QED) is 0.728. The SMILES string of the molecule is Cc1nc2ccccc2n1C1CN(c2ccc(C#N)cn2)C1. The Hall–Kier alpha value is -2.87. The van der Waals surface area contributed by atoms with Crippen molar-refractivity contribution in [3.05, 3.63) is 54.0 Å². The molecule has 1 saturated heterocycles. The second-order valence-electron chi connectivity index (χ2n) is 5.59. The monoisotopic (exact) mass is 289 g/mol. The molecule has 2 aromatic heterocycles. The summed E-state index contributed by atoms with van der Waals surface area (Å²) in [6.45, 7) is 3.89. The minimum absolute atomic E-state index is 0.421. The van der Waals surface area contributed by atoms with Crippen LogP contribution in [0.3, 0.4) is 0 Å². The molecule has 3 aromatic rings. The lowest BCUT2D eigenvalue weighted by Gasteiger charge is -2.41. The number of fused-ring (bicyclic) bond motifs is 1. The molecule has 108 valence electrons. The van der Waals surface area contributed by atoms with E-state index in [0.717, 1.165) is 30.2 Å². The Morgan fingerprint density at radius 3 is 2.73 bits per heavy atom. The summed E-state index contributed by atoms with van der Waals surface area (Å²) in [6.07, 6.45) is 1.63. The normalized spacial score (nSPS) is 14.8. The van der Waals surface area contributed by atoms with E-state index in [4.69, 9.17) is 5.26 Å². The zero-order valence-corrected chi connectivity index (χ0v) is 12.3. The highest BCUT2D eigenvalue weighted by atomic mass is 15.3. The van der Waals surface area contributed by atoms with Gasteiger partial charge in [0.1, 0.15) is 17.7 Å². The molecule has 1 aliphatic rings. The molecule has 0 radical (unpaired) electrons. The van der Waals surface area contributed by atoms with Crippen LogP contribution in [0.15, 0.2) is 42.6 Å². The first kappa shape index (κ1) is 12.8. The predicted octanol–water partition coefficient (Wildman–Crippen LogP) is 2.67. The molecule has 1 aromatic carbocycles. The summed E-state index contributed by atoms with van der Waals surface area (Å²) in [4.78, 5) is 11.2. The number of nitrogens with zero attached hydrogens (tertiary/aromatic N) is 5. The summed E-state index contributed by atoms with van der Waals surface area (Å²) in [5.74, 6) is 1.98. The average Bonchev–Trinajstić information content (AvgIpc) is 2.83. The van der Waals surface area contributed by atoms with Gasteiger partial charge in [0, 0.05) is 19.3 Å². The fourth-order valence-electron chi connectivity index (χ4n) is 3.07. The van der Waals surface area contributed by atoms with E-state index in [9.17, 15) is 0 Å². The number of hydrogen-bond donors (Lipinski definition) is 0. The maximum absolute atomic E-state index is 8.82. The Bertz CT molecular complexity index is 866. The van der Waals surface area contributed by atoms with Crippen molar-refractivity contribution >= 4 is 16.9 Å². The molecule has 0 aliphatic carbocycles. The summed E-state index contributed by atoms with van der Waals surface area (Å²) < 4.78 is 2.31. The Morgan fingerprint density at radius 2 is 2.00 bits per heavy atom. The molecule has 0 amide bonds. The zero-order chi connectivity index (χ0) is 15.1. The molecule has 5 heteroatoms. The Morgan fingerprint density at radius 1 is 1.18 bits per heavy atom. The number of aryl methyl sites for hydroxylation is 1. The number of hydrogen-bond acceptors (Lipinski definition) is 4. The van der Waals surface area contributed by atoms with Crippen LogP contribution in [-0.4, -0.2) is 27.6 Å². The van der Waals surface area contributed by atoms with E-state index < -0.39 is 0 Å². The van der Waals surface area contributed by atoms with Crippen LogP contribution < -0.4 is 4.90 Å². The fourth-order valence-corrected chi connectivity index (χ4v) is 3.07. The highest BCUT2D eigenvalue weighted by Crippen LogP contribution is 2.30. The Balaban J connectivity index is 1.57. The van der Waals surface area contributed by atoms with Gasteiger partial charge in [-0.3, -0.25) is 0 Å². The van der Waals surface area contributed by atoms with Crippen molar-refractivity contribution in [2.75, 3.05) is 18.0 Å². The summed E-state index contributed by atoms with van der Waals surface area (Å²) in [5, 5.41) is 8.82. The lowest BCUT2D eigenvalue weighted by Crippen LogP contribution is -2.48. The smallest absolute Gasteiger partial charge is 0.128 e. The number of imidazole rings is 1. The van der Waals surface area contributed by atoms with Gasteiger partial charge >= 0.3 is 0 Å². The number of para-hydroxylation sites is 2. The van der Waals surface area contributed by atoms with Crippen LogP contribution >= 0.6 is 0 Å². The molecule has 3 heterocycles. The first-order valence-electron chi connectivity index (χ1n) is 7.31. The van der Waals surface area contributed by atoms with Crippen LogP contribution in [0.25, 0.3) is 11.0 Å². The predicted molar refractivity (Wildman–Crippen MR) is 84.7 cm³/mol. The zero-order valence-electron chi connectivity index (χ0n) is 12.3. The maximum Gasteiger partial charge on any atom is 0.128 e. The van der Waals surface area contributed by atoms with Crippen molar-refractivity contribution in [3.8, 4) is 6.07 Å². The highest BCUT2D eigenvalue weighted by molar-refractivity contribution is 5.76. The first-order valence-corrected chi connectivity index (χ1v) is 7.31. The van der Waals surface area contributed by atoms with Gasteiger partial charge in [0.05, 0.1) is 22.6 Å². The maximum atomic E-state index is 8.82. The fraction of sp³-hybridized carbons (Fsp3) is 0.235. The van der Waals surface area contributed by atoms with Gasteiger partial charge in [0.2, 0.25) is 0 Å². The first-order chi connectivity index (χ1) is 10.8. The second-order valence-corrected chi connectivity index (χ2v) is 5.59.